The molecule has 0 radical (unpaired) electrons. The van der Waals surface area contributed by atoms with Crippen LogP contribution < -0.4 is 10.7 Å². The van der Waals surface area contributed by atoms with E-state index in [9.17, 15) is 25.0 Å². The summed E-state index contributed by atoms with van der Waals surface area (Å²) in [6.45, 7) is 0. The summed E-state index contributed by atoms with van der Waals surface area (Å²) < 4.78 is 8.93. The van der Waals surface area contributed by atoms with Gasteiger partial charge in [-0.05, 0) is 0 Å². The van der Waals surface area contributed by atoms with E-state index in [4.69, 9.17) is 3.07 Å². The van der Waals surface area contributed by atoms with Crippen LogP contribution in [-0.4, -0.2) is 34.6 Å². The molecule has 0 fully saturated rings. The number of carbonyl (C=O) groups is 1. The summed E-state index contributed by atoms with van der Waals surface area (Å²) in [5.74, 6) is -0.848. The molecule has 0 saturated carbocycles. The Balaban J connectivity index is 1.93. The van der Waals surface area contributed by atoms with Gasteiger partial charge in [0.25, 0.3) is 0 Å². The number of non-ortho nitro benzene ring substituents is 2. The Bertz CT molecular complexity index is 1220. The van der Waals surface area contributed by atoms with Crippen molar-refractivity contribution in [3.63, 3.8) is 0 Å². The molecule has 0 bridgehead atoms. The molecule has 0 unspecified atom stereocenters. The molecule has 0 heterocycles. The number of nitro benzene ring substituents is 2. The molecular weight excluding hydrogens is 543 g/mol. The van der Waals surface area contributed by atoms with Crippen molar-refractivity contribution in [3.8, 4) is 0 Å². The molecule has 168 valence electrons. The number of nitro groups is 2. The standard InChI is InChI=1S/C7H4N2O6.3C6H5.Sn/c10-7(11)4-1-5(8(12)13)3-6(2-4)9(14)15;3*1-2-4-6-5-3-1;/h1-3H,(H,10,11);3*1-5H;/q;;;;+1/p-1. The fourth-order valence-corrected chi connectivity index (χ4v) is 14.5. The summed E-state index contributed by atoms with van der Waals surface area (Å²) in [5.41, 5.74) is -1.35. The first-order valence-electron chi connectivity index (χ1n) is 10.3. The number of hydrogen-bond acceptors (Lipinski definition) is 6. The van der Waals surface area contributed by atoms with Gasteiger partial charge in [0.2, 0.25) is 0 Å². The summed E-state index contributed by atoms with van der Waals surface area (Å²) >= 11 is -4.49. The van der Waals surface area contributed by atoms with E-state index in [0.717, 1.165) is 28.9 Å². The van der Waals surface area contributed by atoms with Gasteiger partial charge < -0.3 is 0 Å². The van der Waals surface area contributed by atoms with Gasteiger partial charge in [0.1, 0.15) is 0 Å². The summed E-state index contributed by atoms with van der Waals surface area (Å²) in [7, 11) is 0. The Morgan fingerprint density at radius 1 is 0.618 bits per heavy atom. The first-order chi connectivity index (χ1) is 16.4. The van der Waals surface area contributed by atoms with Crippen molar-refractivity contribution < 1.29 is 17.7 Å². The molecule has 0 N–H and O–H groups in total. The summed E-state index contributed by atoms with van der Waals surface area (Å²) in [6.07, 6.45) is 0. The molecule has 0 atom stereocenters. The molecule has 0 aliphatic carbocycles. The van der Waals surface area contributed by atoms with Crippen molar-refractivity contribution in [2.75, 3.05) is 0 Å². The first-order valence-corrected chi connectivity index (χ1v) is 15.7. The molecule has 9 heteroatoms. The number of nitrogens with zero attached hydrogens (tertiary/aromatic N) is 2. The third-order valence-corrected chi connectivity index (χ3v) is 16.6. The third-order valence-electron chi connectivity index (χ3n) is 5.35. The van der Waals surface area contributed by atoms with Gasteiger partial charge in [0.05, 0.1) is 0 Å². The van der Waals surface area contributed by atoms with Gasteiger partial charge in [0.15, 0.2) is 0 Å². The van der Waals surface area contributed by atoms with Crippen molar-refractivity contribution >= 4 is 46.9 Å². The number of rotatable bonds is 7. The molecular formula is C25H18N2O6Sn. The number of carbonyl (C=O) groups excluding carboxylic acids is 1. The van der Waals surface area contributed by atoms with Crippen LogP contribution in [-0.2, 0) is 3.07 Å². The monoisotopic (exact) mass is 562 g/mol. The molecule has 34 heavy (non-hydrogen) atoms. The zero-order chi connectivity index (χ0) is 24.1. The van der Waals surface area contributed by atoms with E-state index in [1.807, 2.05) is 91.0 Å². The van der Waals surface area contributed by atoms with Crippen LogP contribution in [0.5, 0.6) is 0 Å². The Morgan fingerprint density at radius 2 is 0.971 bits per heavy atom. The van der Waals surface area contributed by atoms with E-state index in [0.29, 0.717) is 0 Å². The molecule has 0 aliphatic heterocycles. The van der Waals surface area contributed by atoms with Crippen LogP contribution in [0, 0.1) is 20.2 Å². The van der Waals surface area contributed by atoms with E-state index in [-0.39, 0.29) is 5.56 Å². The van der Waals surface area contributed by atoms with Gasteiger partial charge in [-0.2, -0.15) is 0 Å². The normalized spacial score (nSPS) is 10.9. The number of hydrogen-bond donors (Lipinski definition) is 0. The molecule has 4 rings (SSSR count). The molecule has 0 aromatic heterocycles. The van der Waals surface area contributed by atoms with Crippen LogP contribution in [0.2, 0.25) is 0 Å². The Kier molecular flexibility index (Phi) is 6.69. The molecule has 4 aromatic carbocycles. The SMILES string of the molecule is O=C([O][Sn]([c]1ccccc1)([c]1ccccc1)[c]1ccccc1)c1cc([N+](=O)[O-])cc([N+](=O)[O-])c1. The molecule has 0 aliphatic rings. The van der Waals surface area contributed by atoms with Crippen LogP contribution in [0.25, 0.3) is 0 Å². The second kappa shape index (κ2) is 9.84. The molecule has 8 nitrogen and oxygen atoms in total. The van der Waals surface area contributed by atoms with Crippen molar-refractivity contribution in [3.05, 3.63) is 135 Å². The van der Waals surface area contributed by atoms with E-state index in [2.05, 4.69) is 0 Å². The Labute approximate surface area is 199 Å². The van der Waals surface area contributed by atoms with Gasteiger partial charge in [-0.25, -0.2) is 0 Å². The maximum absolute atomic E-state index is 13.5. The second-order valence-electron chi connectivity index (χ2n) is 7.42. The van der Waals surface area contributed by atoms with Crippen LogP contribution in [0.1, 0.15) is 10.4 Å². The van der Waals surface area contributed by atoms with E-state index >= 15 is 0 Å². The number of benzene rings is 4. The fraction of sp³-hybridized carbons (Fsp3) is 0. The minimum atomic E-state index is -4.49. The quantitative estimate of drug-likeness (QED) is 0.195. The molecule has 0 amide bonds. The van der Waals surface area contributed by atoms with Gasteiger partial charge in [0, 0.05) is 0 Å². The van der Waals surface area contributed by atoms with Crippen molar-refractivity contribution in [2.24, 2.45) is 0 Å². The average molecular weight is 561 g/mol. The van der Waals surface area contributed by atoms with Crippen LogP contribution in [0.15, 0.2) is 109 Å². The average Bonchev–Trinajstić information content (AvgIpc) is 2.88. The van der Waals surface area contributed by atoms with Gasteiger partial charge in [-0.1, -0.05) is 0 Å². The van der Waals surface area contributed by atoms with Crippen molar-refractivity contribution in [1.82, 2.24) is 0 Å². The van der Waals surface area contributed by atoms with Crippen LogP contribution in [0.4, 0.5) is 11.4 Å². The first kappa shape index (κ1) is 23.1. The molecule has 0 saturated heterocycles. The summed E-state index contributed by atoms with van der Waals surface area (Å²) in [4.78, 5) is 34.7. The van der Waals surface area contributed by atoms with Crippen molar-refractivity contribution in [2.45, 2.75) is 0 Å². The zero-order valence-corrected chi connectivity index (χ0v) is 20.6. The van der Waals surface area contributed by atoms with Crippen LogP contribution in [0.3, 0.4) is 0 Å². The molecule has 4 aromatic rings. The Morgan fingerprint density at radius 3 is 1.29 bits per heavy atom. The van der Waals surface area contributed by atoms with Crippen molar-refractivity contribution in [1.29, 1.82) is 0 Å². The predicted octanol–water partition coefficient (Wildman–Crippen LogP) is 3.33. The summed E-state index contributed by atoms with van der Waals surface area (Å²) in [6, 6.07) is 31.0. The fourth-order valence-electron chi connectivity index (χ4n) is 3.82. The maximum atomic E-state index is 13.5. The predicted molar refractivity (Wildman–Crippen MR) is 129 cm³/mol. The Hall–Kier alpha value is -4.05. The zero-order valence-electron chi connectivity index (χ0n) is 17.7. The van der Waals surface area contributed by atoms with Gasteiger partial charge >= 0.3 is 200 Å². The summed E-state index contributed by atoms with van der Waals surface area (Å²) in [5, 5.41) is 22.7. The molecule has 0 spiro atoms. The van der Waals surface area contributed by atoms with E-state index in [1.54, 1.807) is 0 Å². The topological polar surface area (TPSA) is 113 Å². The van der Waals surface area contributed by atoms with Gasteiger partial charge in [-0.3, -0.25) is 0 Å². The minimum absolute atomic E-state index is 0.246. The van der Waals surface area contributed by atoms with E-state index in [1.165, 1.54) is 0 Å². The van der Waals surface area contributed by atoms with E-state index < -0.39 is 46.0 Å². The second-order valence-corrected chi connectivity index (χ2v) is 16.8. The van der Waals surface area contributed by atoms with Crippen LogP contribution >= 0.6 is 0 Å². The third kappa shape index (κ3) is 4.53. The van der Waals surface area contributed by atoms with Gasteiger partial charge in [-0.15, -0.1) is 0 Å².